The number of ether oxygens (including phenoxy) is 2. The predicted molar refractivity (Wildman–Crippen MR) is 137 cm³/mol. The maximum absolute atomic E-state index is 13.7. The second-order valence-electron chi connectivity index (χ2n) is 8.59. The quantitative estimate of drug-likeness (QED) is 0.355. The zero-order valence-electron chi connectivity index (χ0n) is 20.6. The van der Waals surface area contributed by atoms with Gasteiger partial charge in [0.2, 0.25) is 0 Å². The van der Waals surface area contributed by atoms with Gasteiger partial charge in [0.15, 0.2) is 0 Å². The van der Waals surface area contributed by atoms with E-state index in [0.29, 0.717) is 59.7 Å². The second kappa shape index (κ2) is 11.1. The first kappa shape index (κ1) is 25.0. The number of phenols is 1. The van der Waals surface area contributed by atoms with Crippen LogP contribution in [-0.4, -0.2) is 29.1 Å². The minimum atomic E-state index is -0.314. The van der Waals surface area contributed by atoms with Gasteiger partial charge in [0.25, 0.3) is 5.56 Å². The van der Waals surface area contributed by atoms with Crippen molar-refractivity contribution in [2.45, 2.75) is 32.7 Å². The van der Waals surface area contributed by atoms with Crippen LogP contribution in [-0.2, 0) is 25.8 Å². The third kappa shape index (κ3) is 5.57. The lowest BCUT2D eigenvalue weighted by atomic mass is 9.94. The van der Waals surface area contributed by atoms with Crippen molar-refractivity contribution in [2.24, 2.45) is 0 Å². The molecule has 0 saturated heterocycles. The molecule has 6 nitrogen and oxygen atoms in total. The predicted octanol–water partition coefficient (Wildman–Crippen LogP) is 5.11. The molecule has 0 unspecified atom stereocenters. The molecule has 0 atom stereocenters. The molecular formula is C29H29FN2O4. The van der Waals surface area contributed by atoms with E-state index >= 15 is 0 Å². The highest BCUT2D eigenvalue weighted by atomic mass is 19.1. The fourth-order valence-electron chi connectivity index (χ4n) is 4.39. The van der Waals surface area contributed by atoms with Crippen LogP contribution >= 0.6 is 0 Å². The van der Waals surface area contributed by atoms with Gasteiger partial charge in [-0.2, -0.15) is 5.10 Å². The highest BCUT2D eigenvalue weighted by Crippen LogP contribution is 2.32. The molecule has 0 amide bonds. The maximum Gasteiger partial charge on any atom is 0.270 e. The first-order valence-electron chi connectivity index (χ1n) is 11.7. The molecule has 0 fully saturated rings. The van der Waals surface area contributed by atoms with Crippen molar-refractivity contribution in [2.75, 3.05) is 14.2 Å². The number of hydrogen-bond acceptors (Lipinski definition) is 5. The van der Waals surface area contributed by atoms with E-state index < -0.39 is 0 Å². The third-order valence-corrected chi connectivity index (χ3v) is 6.18. The Hall–Kier alpha value is -4.13. The van der Waals surface area contributed by atoms with Gasteiger partial charge in [-0.3, -0.25) is 4.79 Å². The summed E-state index contributed by atoms with van der Waals surface area (Å²) in [6.07, 6.45) is 1.39. The van der Waals surface area contributed by atoms with Gasteiger partial charge in [0.1, 0.15) is 23.1 Å². The number of phenolic OH excluding ortho intramolecular Hbond substituents is 1. The Morgan fingerprint density at radius 1 is 0.889 bits per heavy atom. The van der Waals surface area contributed by atoms with Crippen LogP contribution in [0.5, 0.6) is 17.2 Å². The molecule has 4 rings (SSSR count). The van der Waals surface area contributed by atoms with Gasteiger partial charge < -0.3 is 14.6 Å². The lowest BCUT2D eigenvalue weighted by Crippen LogP contribution is -2.29. The minimum Gasteiger partial charge on any atom is -0.507 e. The van der Waals surface area contributed by atoms with Crippen LogP contribution in [0.2, 0.25) is 0 Å². The number of aryl methyl sites for hydroxylation is 4. The molecule has 1 aromatic heterocycles. The standard InChI is InChI=1S/C29H29FN2O4/c1-19-28(25-9-4-5-10-27(25)33)26(12-11-20-7-6-8-22(30)15-20)29(34)32(31-19)14-13-21-16-23(35-2)18-24(17-21)36-3/h4-10,15-18,33H,11-14H2,1-3H3. The molecule has 1 N–H and O–H groups in total. The number of hydrogen-bond donors (Lipinski definition) is 1. The number of nitrogens with zero attached hydrogens (tertiary/aromatic N) is 2. The average Bonchev–Trinajstić information content (AvgIpc) is 2.88. The average molecular weight is 489 g/mol. The summed E-state index contributed by atoms with van der Waals surface area (Å²) in [5.74, 6) is 1.11. The summed E-state index contributed by atoms with van der Waals surface area (Å²) < 4.78 is 25.9. The first-order valence-corrected chi connectivity index (χ1v) is 11.7. The Morgan fingerprint density at radius 2 is 1.61 bits per heavy atom. The van der Waals surface area contributed by atoms with Gasteiger partial charge in [-0.05, 0) is 67.6 Å². The smallest absolute Gasteiger partial charge is 0.270 e. The Balaban J connectivity index is 1.72. The van der Waals surface area contributed by atoms with Crippen LogP contribution in [0.1, 0.15) is 22.4 Å². The van der Waals surface area contributed by atoms with E-state index in [1.54, 1.807) is 44.6 Å². The van der Waals surface area contributed by atoms with Gasteiger partial charge in [-0.25, -0.2) is 9.07 Å². The summed E-state index contributed by atoms with van der Waals surface area (Å²) in [4.78, 5) is 13.7. The van der Waals surface area contributed by atoms with Crippen LogP contribution in [0.3, 0.4) is 0 Å². The number of benzene rings is 3. The Bertz CT molecular complexity index is 1410. The zero-order chi connectivity index (χ0) is 25.7. The third-order valence-electron chi connectivity index (χ3n) is 6.18. The molecule has 186 valence electrons. The monoisotopic (exact) mass is 488 g/mol. The van der Waals surface area contributed by atoms with E-state index in [-0.39, 0.29) is 17.1 Å². The van der Waals surface area contributed by atoms with E-state index in [0.717, 1.165) is 11.1 Å². The summed E-state index contributed by atoms with van der Waals surface area (Å²) in [5.41, 5.74) is 3.85. The first-order chi connectivity index (χ1) is 17.4. The molecule has 0 aliphatic heterocycles. The lowest BCUT2D eigenvalue weighted by Gasteiger charge is -2.17. The van der Waals surface area contributed by atoms with Crippen LogP contribution in [0, 0.1) is 12.7 Å². The van der Waals surface area contributed by atoms with Crippen molar-refractivity contribution in [1.29, 1.82) is 0 Å². The summed E-state index contributed by atoms with van der Waals surface area (Å²) >= 11 is 0. The van der Waals surface area contributed by atoms with Crippen molar-refractivity contribution in [3.63, 3.8) is 0 Å². The van der Waals surface area contributed by atoms with E-state index in [1.807, 2.05) is 31.2 Å². The summed E-state index contributed by atoms with van der Waals surface area (Å²) in [5, 5.41) is 15.1. The van der Waals surface area contributed by atoms with Gasteiger partial charge in [-0.15, -0.1) is 0 Å². The molecule has 1 heterocycles. The highest BCUT2D eigenvalue weighted by Gasteiger charge is 2.19. The second-order valence-corrected chi connectivity index (χ2v) is 8.59. The number of aromatic hydroxyl groups is 1. The molecule has 0 radical (unpaired) electrons. The van der Waals surface area contributed by atoms with E-state index in [4.69, 9.17) is 9.47 Å². The number of halogens is 1. The Morgan fingerprint density at radius 3 is 2.28 bits per heavy atom. The fourth-order valence-corrected chi connectivity index (χ4v) is 4.39. The van der Waals surface area contributed by atoms with Crippen molar-refractivity contribution in [1.82, 2.24) is 9.78 Å². The fraction of sp³-hybridized carbons (Fsp3) is 0.241. The van der Waals surface area contributed by atoms with Crippen molar-refractivity contribution in [3.05, 3.63) is 105 Å². The van der Waals surface area contributed by atoms with E-state index in [9.17, 15) is 14.3 Å². The van der Waals surface area contributed by atoms with Crippen molar-refractivity contribution >= 4 is 0 Å². The molecule has 0 aliphatic carbocycles. The maximum atomic E-state index is 13.7. The number of methoxy groups -OCH3 is 2. The Kier molecular flexibility index (Phi) is 7.68. The molecule has 4 aromatic rings. The largest absolute Gasteiger partial charge is 0.507 e. The molecule has 7 heteroatoms. The van der Waals surface area contributed by atoms with Gasteiger partial charge in [0, 0.05) is 29.3 Å². The zero-order valence-corrected chi connectivity index (χ0v) is 20.6. The SMILES string of the molecule is COc1cc(CCn2nc(C)c(-c3ccccc3O)c(CCc3cccc(F)c3)c2=O)cc(OC)c1. The summed E-state index contributed by atoms with van der Waals surface area (Å²) in [6.45, 7) is 2.18. The van der Waals surface area contributed by atoms with Gasteiger partial charge in [0.05, 0.1) is 19.9 Å². The minimum absolute atomic E-state index is 0.0787. The van der Waals surface area contributed by atoms with Crippen LogP contribution in [0.15, 0.2) is 71.5 Å². The van der Waals surface area contributed by atoms with E-state index in [1.165, 1.54) is 16.8 Å². The molecular weight excluding hydrogens is 459 g/mol. The lowest BCUT2D eigenvalue weighted by molar-refractivity contribution is 0.393. The number of rotatable bonds is 9. The number of para-hydroxylation sites is 1. The molecule has 0 bridgehead atoms. The summed E-state index contributed by atoms with van der Waals surface area (Å²) in [7, 11) is 3.19. The van der Waals surface area contributed by atoms with Crippen molar-refractivity contribution in [3.8, 4) is 28.4 Å². The van der Waals surface area contributed by atoms with Gasteiger partial charge >= 0.3 is 0 Å². The highest BCUT2D eigenvalue weighted by molar-refractivity contribution is 5.74. The van der Waals surface area contributed by atoms with Crippen LogP contribution < -0.4 is 15.0 Å². The van der Waals surface area contributed by atoms with Crippen LogP contribution in [0.25, 0.3) is 11.1 Å². The Labute approximate surface area is 209 Å². The van der Waals surface area contributed by atoms with E-state index in [2.05, 4.69) is 5.10 Å². The molecule has 0 spiro atoms. The molecule has 0 saturated carbocycles. The molecule has 3 aromatic carbocycles. The van der Waals surface area contributed by atoms with Crippen LogP contribution in [0.4, 0.5) is 4.39 Å². The summed E-state index contributed by atoms with van der Waals surface area (Å²) in [6, 6.07) is 18.9. The normalized spacial score (nSPS) is 10.9. The van der Waals surface area contributed by atoms with Crippen molar-refractivity contribution < 1.29 is 19.0 Å². The molecule has 0 aliphatic rings. The number of aromatic nitrogens is 2. The molecule has 36 heavy (non-hydrogen) atoms. The topological polar surface area (TPSA) is 73.6 Å². The van der Waals surface area contributed by atoms with Gasteiger partial charge in [-0.1, -0.05) is 30.3 Å².